The number of hydrogen-bond acceptors (Lipinski definition) is 4. The molecule has 2 rings (SSSR count). The normalized spacial score (nSPS) is 11.5. The summed E-state index contributed by atoms with van der Waals surface area (Å²) in [5.74, 6) is -0.619. The van der Waals surface area contributed by atoms with E-state index < -0.39 is 16.0 Å². The Bertz CT molecular complexity index is 954. The summed E-state index contributed by atoms with van der Waals surface area (Å²) in [5, 5.41) is 9.36. The van der Waals surface area contributed by atoms with Crippen LogP contribution in [0.25, 0.3) is 0 Å². The van der Waals surface area contributed by atoms with E-state index in [1.165, 1.54) is 12.1 Å². The summed E-state index contributed by atoms with van der Waals surface area (Å²) in [6.07, 6.45) is 2.84. The Balaban J connectivity index is 2.40. The number of benzene rings is 2. The second-order valence-electron chi connectivity index (χ2n) is 7.82. The van der Waals surface area contributed by atoms with Crippen LogP contribution in [-0.2, 0) is 16.4 Å². The second-order valence-corrected chi connectivity index (χ2v) is 9.50. The van der Waals surface area contributed by atoms with Gasteiger partial charge in [0.05, 0.1) is 21.8 Å². The van der Waals surface area contributed by atoms with Crippen molar-refractivity contribution in [2.75, 3.05) is 22.7 Å². The molecule has 0 saturated heterocycles. The molecule has 30 heavy (non-hydrogen) atoms. The van der Waals surface area contributed by atoms with Crippen LogP contribution in [-0.4, -0.2) is 32.6 Å². The summed E-state index contributed by atoms with van der Waals surface area (Å²) in [5.41, 5.74) is 2.07. The maximum Gasteiger partial charge on any atom is 0.335 e. The number of aromatic carboxylic acids is 1. The molecule has 7 heteroatoms. The zero-order chi connectivity index (χ0) is 22.3. The highest BCUT2D eigenvalue weighted by molar-refractivity contribution is 7.92. The van der Waals surface area contributed by atoms with Gasteiger partial charge in [-0.15, -0.1) is 0 Å². The third-order valence-electron chi connectivity index (χ3n) is 4.87. The molecule has 0 aliphatic rings. The fourth-order valence-corrected chi connectivity index (χ4v) is 4.37. The third-order valence-corrected chi connectivity index (χ3v) is 6.25. The number of anilines is 2. The van der Waals surface area contributed by atoms with Crippen molar-refractivity contribution in [2.24, 2.45) is 5.92 Å². The predicted octanol–water partition coefficient (Wildman–Crippen LogP) is 5.01. The Morgan fingerprint density at radius 1 is 1.10 bits per heavy atom. The molecular formula is C23H32N2O4S. The van der Waals surface area contributed by atoms with Crippen LogP contribution in [0.1, 0.15) is 56.5 Å². The molecule has 0 aliphatic carbocycles. The van der Waals surface area contributed by atoms with Crippen LogP contribution in [0, 0.1) is 5.92 Å². The van der Waals surface area contributed by atoms with Gasteiger partial charge < -0.3 is 10.0 Å². The minimum absolute atomic E-state index is 0.0373. The predicted molar refractivity (Wildman–Crippen MR) is 122 cm³/mol. The van der Waals surface area contributed by atoms with Crippen LogP contribution in [0.2, 0.25) is 0 Å². The Kier molecular flexibility index (Phi) is 8.29. The van der Waals surface area contributed by atoms with Crippen molar-refractivity contribution in [1.29, 1.82) is 0 Å². The summed E-state index contributed by atoms with van der Waals surface area (Å²) >= 11 is 0. The van der Waals surface area contributed by atoms with Crippen LogP contribution in [0.4, 0.5) is 11.4 Å². The van der Waals surface area contributed by atoms with Crippen molar-refractivity contribution < 1.29 is 18.3 Å². The summed E-state index contributed by atoms with van der Waals surface area (Å²) in [4.78, 5) is 13.7. The smallest absolute Gasteiger partial charge is 0.335 e. The van der Waals surface area contributed by atoms with E-state index in [2.05, 4.69) is 30.4 Å². The van der Waals surface area contributed by atoms with E-state index in [0.717, 1.165) is 31.4 Å². The van der Waals surface area contributed by atoms with Gasteiger partial charge in [-0.25, -0.2) is 13.2 Å². The SMILES string of the molecule is CCCCN(CC)c1ccc(C(=O)O)cc1NS(=O)(=O)c1ccc(CC(C)C)cc1. The van der Waals surface area contributed by atoms with Crippen LogP contribution in [0.5, 0.6) is 0 Å². The van der Waals surface area contributed by atoms with Crippen molar-refractivity contribution in [2.45, 2.75) is 51.9 Å². The first kappa shape index (κ1) is 23.7. The Morgan fingerprint density at radius 2 is 1.77 bits per heavy atom. The van der Waals surface area contributed by atoms with Gasteiger partial charge in [0, 0.05) is 13.1 Å². The molecule has 0 spiro atoms. The zero-order valence-corrected chi connectivity index (χ0v) is 19.0. The van der Waals surface area contributed by atoms with Crippen LogP contribution < -0.4 is 9.62 Å². The molecule has 164 valence electrons. The summed E-state index contributed by atoms with van der Waals surface area (Å²) in [6, 6.07) is 11.4. The quantitative estimate of drug-likeness (QED) is 0.521. The van der Waals surface area contributed by atoms with E-state index in [4.69, 9.17) is 0 Å². The highest BCUT2D eigenvalue weighted by Gasteiger charge is 2.20. The van der Waals surface area contributed by atoms with Crippen LogP contribution in [0.3, 0.4) is 0 Å². The average molecular weight is 433 g/mol. The zero-order valence-electron chi connectivity index (χ0n) is 18.2. The Hall–Kier alpha value is -2.54. The molecule has 0 heterocycles. The molecule has 0 radical (unpaired) electrons. The van der Waals surface area contributed by atoms with Gasteiger partial charge in [-0.1, -0.05) is 39.3 Å². The maximum absolute atomic E-state index is 13.0. The molecule has 0 unspecified atom stereocenters. The lowest BCUT2D eigenvalue weighted by molar-refractivity contribution is 0.0697. The number of rotatable bonds is 11. The minimum atomic E-state index is -3.86. The summed E-state index contributed by atoms with van der Waals surface area (Å²) in [6.45, 7) is 9.76. The molecule has 0 aromatic heterocycles. The maximum atomic E-state index is 13.0. The van der Waals surface area contributed by atoms with E-state index in [-0.39, 0.29) is 16.1 Å². The number of carbonyl (C=O) groups is 1. The topological polar surface area (TPSA) is 86.7 Å². The first-order valence-electron chi connectivity index (χ1n) is 10.4. The number of unbranched alkanes of at least 4 members (excludes halogenated alkanes) is 1. The molecular weight excluding hydrogens is 400 g/mol. The summed E-state index contributed by atoms with van der Waals surface area (Å²) < 4.78 is 28.6. The Morgan fingerprint density at radius 3 is 2.30 bits per heavy atom. The number of hydrogen-bond donors (Lipinski definition) is 2. The van der Waals surface area contributed by atoms with Crippen molar-refractivity contribution in [3.05, 3.63) is 53.6 Å². The van der Waals surface area contributed by atoms with E-state index in [0.29, 0.717) is 18.2 Å². The fourth-order valence-electron chi connectivity index (χ4n) is 3.30. The lowest BCUT2D eigenvalue weighted by Crippen LogP contribution is -2.26. The molecule has 0 fully saturated rings. The number of nitrogens with zero attached hydrogens (tertiary/aromatic N) is 1. The van der Waals surface area contributed by atoms with Gasteiger partial charge in [0.15, 0.2) is 0 Å². The minimum Gasteiger partial charge on any atom is -0.478 e. The second kappa shape index (κ2) is 10.5. The molecule has 0 amide bonds. The number of nitrogens with one attached hydrogen (secondary N) is 1. The monoisotopic (exact) mass is 432 g/mol. The van der Waals surface area contributed by atoms with E-state index >= 15 is 0 Å². The lowest BCUT2D eigenvalue weighted by atomic mass is 10.0. The van der Waals surface area contributed by atoms with E-state index in [9.17, 15) is 18.3 Å². The first-order chi connectivity index (χ1) is 14.2. The highest BCUT2D eigenvalue weighted by Crippen LogP contribution is 2.30. The fraction of sp³-hybridized carbons (Fsp3) is 0.435. The number of sulfonamides is 1. The first-order valence-corrected chi connectivity index (χ1v) is 11.9. The van der Waals surface area contributed by atoms with Gasteiger partial charge >= 0.3 is 5.97 Å². The van der Waals surface area contributed by atoms with Gasteiger partial charge in [-0.2, -0.15) is 0 Å². The molecule has 2 aromatic rings. The number of carboxylic acids is 1. The van der Waals surface area contributed by atoms with E-state index in [1.807, 2.05) is 19.1 Å². The lowest BCUT2D eigenvalue weighted by Gasteiger charge is -2.26. The summed E-state index contributed by atoms with van der Waals surface area (Å²) in [7, 11) is -3.86. The van der Waals surface area contributed by atoms with Gasteiger partial charge in [0.1, 0.15) is 0 Å². The molecule has 0 bridgehead atoms. The molecule has 2 aromatic carbocycles. The van der Waals surface area contributed by atoms with Gasteiger partial charge in [0.2, 0.25) is 0 Å². The molecule has 0 atom stereocenters. The highest BCUT2D eigenvalue weighted by atomic mass is 32.2. The van der Waals surface area contributed by atoms with Crippen LogP contribution >= 0.6 is 0 Å². The molecule has 6 nitrogen and oxygen atoms in total. The van der Waals surface area contributed by atoms with Crippen molar-refractivity contribution in [3.8, 4) is 0 Å². The molecule has 0 aliphatic heterocycles. The number of carboxylic acid groups (broad SMARTS) is 1. The van der Waals surface area contributed by atoms with Crippen molar-refractivity contribution >= 4 is 27.4 Å². The van der Waals surface area contributed by atoms with Crippen molar-refractivity contribution in [3.63, 3.8) is 0 Å². The van der Waals surface area contributed by atoms with E-state index in [1.54, 1.807) is 18.2 Å². The third kappa shape index (κ3) is 6.23. The average Bonchev–Trinajstić information content (AvgIpc) is 2.69. The van der Waals surface area contributed by atoms with Gasteiger partial charge in [-0.3, -0.25) is 4.72 Å². The standard InChI is InChI=1S/C23H32N2O4S/c1-5-7-14-25(6-2)22-13-10-19(23(26)27)16-21(22)24-30(28,29)20-11-8-18(9-12-20)15-17(3)4/h8-13,16-17,24H,5-7,14-15H2,1-4H3,(H,26,27). The van der Waals surface area contributed by atoms with Gasteiger partial charge in [0.25, 0.3) is 10.0 Å². The molecule has 0 saturated carbocycles. The Labute approximate surface area is 180 Å². The van der Waals surface area contributed by atoms with Crippen molar-refractivity contribution in [1.82, 2.24) is 0 Å². The molecule has 2 N–H and O–H groups in total. The van der Waals surface area contributed by atoms with Gasteiger partial charge in [-0.05, 0) is 61.6 Å². The largest absolute Gasteiger partial charge is 0.478 e. The van der Waals surface area contributed by atoms with Crippen LogP contribution in [0.15, 0.2) is 47.4 Å².